The molecule has 0 aromatic carbocycles. The van der Waals surface area contributed by atoms with Crippen molar-refractivity contribution in [2.45, 2.75) is 57.5 Å². The molecule has 1 aromatic rings. The highest BCUT2D eigenvalue weighted by Gasteiger charge is 2.41. The zero-order chi connectivity index (χ0) is 13.9. The van der Waals surface area contributed by atoms with E-state index in [1.807, 2.05) is 13.2 Å². The van der Waals surface area contributed by atoms with Crippen molar-refractivity contribution in [2.24, 2.45) is 5.92 Å². The van der Waals surface area contributed by atoms with Crippen LogP contribution in [0.4, 0.5) is 0 Å². The molecule has 0 bridgehead atoms. The molecule has 1 fully saturated rings. The monoisotopic (exact) mass is 260 g/mol. The summed E-state index contributed by atoms with van der Waals surface area (Å²) in [5, 5.41) is 12.7. The van der Waals surface area contributed by atoms with E-state index >= 15 is 0 Å². The third-order valence-corrected chi connectivity index (χ3v) is 4.45. The van der Waals surface area contributed by atoms with Crippen molar-refractivity contribution in [3.63, 3.8) is 0 Å². The van der Waals surface area contributed by atoms with E-state index < -0.39 is 0 Å². The Balaban J connectivity index is 2.03. The average molecular weight is 260 g/mol. The van der Waals surface area contributed by atoms with Gasteiger partial charge in [-0.05, 0) is 32.2 Å². The van der Waals surface area contributed by atoms with Crippen LogP contribution in [-0.4, -0.2) is 22.1 Å². The molecule has 0 radical (unpaired) electrons. The maximum absolute atomic E-state index is 9.46. The Morgan fingerprint density at radius 3 is 3.05 bits per heavy atom. The average Bonchev–Trinajstić information content (AvgIpc) is 3.03. The van der Waals surface area contributed by atoms with Crippen molar-refractivity contribution in [3.05, 3.63) is 18.2 Å². The molecule has 2 unspecified atom stereocenters. The Labute approximate surface area is 115 Å². The lowest BCUT2D eigenvalue weighted by atomic mass is 9.86. The van der Waals surface area contributed by atoms with Crippen LogP contribution in [0.3, 0.4) is 0 Å². The van der Waals surface area contributed by atoms with Crippen molar-refractivity contribution in [1.29, 1.82) is 5.26 Å². The number of aryl methyl sites for hydroxylation is 1. The van der Waals surface area contributed by atoms with E-state index in [4.69, 9.17) is 0 Å². The summed E-state index contributed by atoms with van der Waals surface area (Å²) in [5.74, 6) is 2.04. The standard InChI is InChI=1S/C15H24N4/c1-12(2)14-18-8-10-19(14)9-6-13-5-4-7-15(13,11-16)17-3/h8,10,12-13,17H,4-7,9H2,1-3H3. The molecule has 1 aliphatic rings. The maximum Gasteiger partial charge on any atom is 0.111 e. The van der Waals surface area contributed by atoms with E-state index in [-0.39, 0.29) is 5.54 Å². The molecule has 0 saturated heterocycles. The van der Waals surface area contributed by atoms with Gasteiger partial charge in [-0.2, -0.15) is 5.26 Å². The van der Waals surface area contributed by atoms with Crippen LogP contribution in [0, 0.1) is 17.2 Å². The molecule has 1 heterocycles. The largest absolute Gasteiger partial charge is 0.335 e. The van der Waals surface area contributed by atoms with E-state index in [2.05, 4.69) is 41.0 Å². The second-order valence-corrected chi connectivity index (χ2v) is 5.84. The summed E-state index contributed by atoms with van der Waals surface area (Å²) in [7, 11) is 1.91. The van der Waals surface area contributed by atoms with E-state index in [9.17, 15) is 5.26 Å². The predicted octanol–water partition coefficient (Wildman–Crippen LogP) is 2.68. The van der Waals surface area contributed by atoms with Crippen molar-refractivity contribution in [1.82, 2.24) is 14.9 Å². The van der Waals surface area contributed by atoms with Gasteiger partial charge in [0.25, 0.3) is 0 Å². The first-order valence-corrected chi connectivity index (χ1v) is 7.24. The summed E-state index contributed by atoms with van der Waals surface area (Å²) in [5.41, 5.74) is -0.307. The Bertz CT molecular complexity index is 457. The van der Waals surface area contributed by atoms with E-state index in [1.54, 1.807) is 0 Å². The second-order valence-electron chi connectivity index (χ2n) is 5.84. The van der Waals surface area contributed by atoms with Gasteiger partial charge in [-0.3, -0.25) is 0 Å². The summed E-state index contributed by atoms with van der Waals surface area (Å²) >= 11 is 0. The van der Waals surface area contributed by atoms with Gasteiger partial charge in [0.2, 0.25) is 0 Å². The minimum atomic E-state index is -0.307. The van der Waals surface area contributed by atoms with Gasteiger partial charge in [0.15, 0.2) is 0 Å². The minimum absolute atomic E-state index is 0.307. The van der Waals surface area contributed by atoms with Gasteiger partial charge in [-0.1, -0.05) is 20.3 Å². The van der Waals surface area contributed by atoms with Crippen molar-refractivity contribution < 1.29 is 0 Å². The van der Waals surface area contributed by atoms with Crippen LogP contribution in [-0.2, 0) is 6.54 Å². The highest BCUT2D eigenvalue weighted by Crippen LogP contribution is 2.37. The first kappa shape index (κ1) is 14.1. The molecule has 1 aliphatic carbocycles. The Morgan fingerprint density at radius 2 is 2.42 bits per heavy atom. The van der Waals surface area contributed by atoms with E-state index in [0.29, 0.717) is 11.8 Å². The Morgan fingerprint density at radius 1 is 1.63 bits per heavy atom. The Kier molecular flexibility index (Phi) is 4.26. The molecule has 0 spiro atoms. The van der Waals surface area contributed by atoms with Crippen molar-refractivity contribution >= 4 is 0 Å². The smallest absolute Gasteiger partial charge is 0.111 e. The number of hydrogen-bond acceptors (Lipinski definition) is 3. The van der Waals surface area contributed by atoms with Crippen LogP contribution in [0.5, 0.6) is 0 Å². The summed E-state index contributed by atoms with van der Waals surface area (Å²) in [6.45, 7) is 5.30. The summed E-state index contributed by atoms with van der Waals surface area (Å²) in [4.78, 5) is 4.42. The van der Waals surface area contributed by atoms with Gasteiger partial charge in [-0.15, -0.1) is 0 Å². The van der Waals surface area contributed by atoms with E-state index in [0.717, 1.165) is 38.1 Å². The second kappa shape index (κ2) is 5.75. The quantitative estimate of drug-likeness (QED) is 0.885. The van der Waals surface area contributed by atoms with Crippen molar-refractivity contribution in [3.8, 4) is 6.07 Å². The molecule has 1 N–H and O–H groups in total. The van der Waals surface area contributed by atoms with E-state index in [1.165, 1.54) is 0 Å². The lowest BCUT2D eigenvalue weighted by Crippen LogP contribution is -2.45. The lowest BCUT2D eigenvalue weighted by molar-refractivity contribution is 0.305. The highest BCUT2D eigenvalue weighted by molar-refractivity contribution is 5.13. The fraction of sp³-hybridized carbons (Fsp3) is 0.733. The SMILES string of the molecule is CNC1(C#N)CCCC1CCn1ccnc1C(C)C. The third-order valence-electron chi connectivity index (χ3n) is 4.45. The minimum Gasteiger partial charge on any atom is -0.335 e. The molecule has 1 saturated carbocycles. The van der Waals surface area contributed by atoms with Crippen LogP contribution < -0.4 is 5.32 Å². The molecule has 1 aromatic heterocycles. The van der Waals surface area contributed by atoms with Crippen LogP contribution >= 0.6 is 0 Å². The van der Waals surface area contributed by atoms with Crippen LogP contribution in [0.15, 0.2) is 12.4 Å². The molecule has 2 atom stereocenters. The molecule has 0 aliphatic heterocycles. The lowest BCUT2D eigenvalue weighted by Gasteiger charge is -2.28. The van der Waals surface area contributed by atoms with Crippen LogP contribution in [0.2, 0.25) is 0 Å². The zero-order valence-electron chi connectivity index (χ0n) is 12.2. The number of imidazole rings is 1. The molecule has 0 amide bonds. The first-order chi connectivity index (χ1) is 9.13. The van der Waals surface area contributed by atoms with Gasteiger partial charge in [0.1, 0.15) is 11.4 Å². The van der Waals surface area contributed by atoms with Gasteiger partial charge in [0, 0.05) is 24.9 Å². The maximum atomic E-state index is 9.46. The number of rotatable bonds is 5. The highest BCUT2D eigenvalue weighted by atomic mass is 15.1. The molecule has 104 valence electrons. The first-order valence-electron chi connectivity index (χ1n) is 7.24. The van der Waals surface area contributed by atoms with Crippen LogP contribution in [0.25, 0.3) is 0 Å². The van der Waals surface area contributed by atoms with Crippen molar-refractivity contribution in [2.75, 3.05) is 7.05 Å². The number of aromatic nitrogens is 2. The van der Waals surface area contributed by atoms with Crippen LogP contribution in [0.1, 0.15) is 51.3 Å². The number of hydrogen-bond donors (Lipinski definition) is 1. The predicted molar refractivity (Wildman–Crippen MR) is 75.7 cm³/mol. The summed E-state index contributed by atoms with van der Waals surface area (Å²) in [6.07, 6.45) is 8.26. The molecule has 4 heteroatoms. The number of nitrogens with zero attached hydrogens (tertiary/aromatic N) is 3. The summed E-state index contributed by atoms with van der Waals surface area (Å²) < 4.78 is 2.24. The fourth-order valence-corrected chi connectivity index (χ4v) is 3.31. The molecule has 4 nitrogen and oxygen atoms in total. The number of nitriles is 1. The normalized spacial score (nSPS) is 26.8. The molecule has 19 heavy (non-hydrogen) atoms. The molecular formula is C15H24N4. The topological polar surface area (TPSA) is 53.6 Å². The van der Waals surface area contributed by atoms with Gasteiger partial charge >= 0.3 is 0 Å². The fourth-order valence-electron chi connectivity index (χ4n) is 3.31. The molecule has 2 rings (SSSR count). The molecular weight excluding hydrogens is 236 g/mol. The third kappa shape index (κ3) is 2.66. The van der Waals surface area contributed by atoms with Gasteiger partial charge < -0.3 is 9.88 Å². The van der Waals surface area contributed by atoms with Gasteiger partial charge in [0.05, 0.1) is 6.07 Å². The Hall–Kier alpha value is -1.34. The number of nitrogens with one attached hydrogen (secondary N) is 1. The summed E-state index contributed by atoms with van der Waals surface area (Å²) in [6, 6.07) is 2.51. The van der Waals surface area contributed by atoms with Gasteiger partial charge in [-0.25, -0.2) is 4.98 Å². The zero-order valence-corrected chi connectivity index (χ0v) is 12.2.